The number of ether oxygens (including phenoxy) is 1. The van der Waals surface area contributed by atoms with E-state index in [9.17, 15) is 4.79 Å². The summed E-state index contributed by atoms with van der Waals surface area (Å²) >= 11 is 0. The second-order valence-electron chi connectivity index (χ2n) is 4.20. The van der Waals surface area contributed by atoms with E-state index in [4.69, 9.17) is 4.74 Å². The lowest BCUT2D eigenvalue weighted by Crippen LogP contribution is -2.36. The molecule has 18 heavy (non-hydrogen) atoms. The fourth-order valence-corrected chi connectivity index (χ4v) is 1.62. The molecule has 0 saturated carbocycles. The number of nitrogens with zero attached hydrogens (tertiary/aromatic N) is 1. The van der Waals surface area contributed by atoms with Crippen LogP contribution in [0.1, 0.15) is 12.5 Å². The molecule has 0 aliphatic carbocycles. The predicted octanol–water partition coefficient (Wildman–Crippen LogP) is 1.31. The summed E-state index contributed by atoms with van der Waals surface area (Å²) in [5, 5.41) is 3.03. The lowest BCUT2D eigenvalue weighted by Gasteiger charge is -2.17. The summed E-state index contributed by atoms with van der Waals surface area (Å²) in [6.45, 7) is 3.93. The van der Waals surface area contributed by atoms with Gasteiger partial charge in [0.2, 0.25) is 5.91 Å². The van der Waals surface area contributed by atoms with E-state index < -0.39 is 0 Å². The molecule has 0 fully saturated rings. The lowest BCUT2D eigenvalue weighted by atomic mass is 10.1. The van der Waals surface area contributed by atoms with Gasteiger partial charge in [-0.25, -0.2) is 0 Å². The standard InChI is InChI=1S/C14H22N2O2/c1-4-15-11-14(17)16(2)9-8-12-6-5-7-13(10-12)18-3/h5-7,10,15H,4,8-9,11H2,1-3H3. The van der Waals surface area contributed by atoms with Gasteiger partial charge in [0.15, 0.2) is 0 Å². The van der Waals surface area contributed by atoms with Crippen molar-refractivity contribution in [1.82, 2.24) is 10.2 Å². The largest absolute Gasteiger partial charge is 0.497 e. The Morgan fingerprint density at radius 2 is 2.22 bits per heavy atom. The Balaban J connectivity index is 2.41. The van der Waals surface area contributed by atoms with Gasteiger partial charge in [0.05, 0.1) is 13.7 Å². The van der Waals surface area contributed by atoms with Crippen molar-refractivity contribution in [3.8, 4) is 5.75 Å². The van der Waals surface area contributed by atoms with Crippen LogP contribution < -0.4 is 10.1 Å². The quantitative estimate of drug-likeness (QED) is 0.793. The van der Waals surface area contributed by atoms with Crippen LogP contribution in [0.5, 0.6) is 5.75 Å². The van der Waals surface area contributed by atoms with Gasteiger partial charge in [-0.15, -0.1) is 0 Å². The Morgan fingerprint density at radius 3 is 2.89 bits per heavy atom. The van der Waals surface area contributed by atoms with Crippen LogP contribution in [-0.4, -0.2) is 44.6 Å². The average molecular weight is 250 g/mol. The fourth-order valence-electron chi connectivity index (χ4n) is 1.62. The number of benzene rings is 1. The normalized spacial score (nSPS) is 10.2. The van der Waals surface area contributed by atoms with E-state index in [-0.39, 0.29) is 5.91 Å². The molecular formula is C14H22N2O2. The second-order valence-corrected chi connectivity index (χ2v) is 4.20. The Bertz CT molecular complexity index is 380. The highest BCUT2D eigenvalue weighted by molar-refractivity contribution is 5.77. The van der Waals surface area contributed by atoms with Crippen molar-refractivity contribution >= 4 is 5.91 Å². The molecule has 0 aliphatic rings. The molecule has 0 atom stereocenters. The van der Waals surface area contributed by atoms with E-state index in [1.54, 1.807) is 12.0 Å². The molecule has 1 aromatic carbocycles. The van der Waals surface area contributed by atoms with Crippen LogP contribution in [0.3, 0.4) is 0 Å². The van der Waals surface area contributed by atoms with Gasteiger partial charge >= 0.3 is 0 Å². The maximum Gasteiger partial charge on any atom is 0.236 e. The van der Waals surface area contributed by atoms with Gasteiger partial charge in [0, 0.05) is 13.6 Å². The molecule has 0 aromatic heterocycles. The van der Waals surface area contributed by atoms with E-state index in [0.717, 1.165) is 25.3 Å². The molecule has 100 valence electrons. The van der Waals surface area contributed by atoms with Gasteiger partial charge in [-0.2, -0.15) is 0 Å². The van der Waals surface area contributed by atoms with E-state index >= 15 is 0 Å². The summed E-state index contributed by atoms with van der Waals surface area (Å²) in [4.78, 5) is 13.4. The molecule has 0 saturated heterocycles. The average Bonchev–Trinajstić information content (AvgIpc) is 2.42. The van der Waals surface area contributed by atoms with Gasteiger partial charge in [0.25, 0.3) is 0 Å². The Morgan fingerprint density at radius 1 is 1.44 bits per heavy atom. The molecule has 0 bridgehead atoms. The van der Waals surface area contributed by atoms with E-state index in [1.165, 1.54) is 5.56 Å². The Labute approximate surface area is 109 Å². The van der Waals surface area contributed by atoms with E-state index in [2.05, 4.69) is 5.32 Å². The molecular weight excluding hydrogens is 228 g/mol. The smallest absolute Gasteiger partial charge is 0.236 e. The van der Waals surface area contributed by atoms with Crippen LogP contribution in [-0.2, 0) is 11.2 Å². The first-order valence-electron chi connectivity index (χ1n) is 6.25. The Hall–Kier alpha value is -1.55. The van der Waals surface area contributed by atoms with E-state index in [0.29, 0.717) is 6.54 Å². The van der Waals surface area contributed by atoms with Crippen molar-refractivity contribution in [2.24, 2.45) is 0 Å². The van der Waals surface area contributed by atoms with Crippen molar-refractivity contribution in [3.05, 3.63) is 29.8 Å². The first-order chi connectivity index (χ1) is 8.67. The lowest BCUT2D eigenvalue weighted by molar-refractivity contribution is -0.128. The zero-order valence-corrected chi connectivity index (χ0v) is 11.4. The van der Waals surface area contributed by atoms with Gasteiger partial charge in [-0.1, -0.05) is 19.1 Å². The summed E-state index contributed by atoms with van der Waals surface area (Å²) in [5.41, 5.74) is 1.18. The number of likely N-dealkylation sites (N-methyl/N-ethyl adjacent to an activating group) is 2. The maximum atomic E-state index is 11.7. The monoisotopic (exact) mass is 250 g/mol. The summed E-state index contributed by atoms with van der Waals surface area (Å²) < 4.78 is 5.17. The fraction of sp³-hybridized carbons (Fsp3) is 0.500. The number of amides is 1. The highest BCUT2D eigenvalue weighted by Crippen LogP contribution is 2.13. The van der Waals surface area contributed by atoms with Crippen LogP contribution >= 0.6 is 0 Å². The number of carbonyl (C=O) groups is 1. The van der Waals surface area contributed by atoms with Crippen molar-refractivity contribution in [1.29, 1.82) is 0 Å². The molecule has 0 unspecified atom stereocenters. The number of rotatable bonds is 7. The molecule has 4 heteroatoms. The predicted molar refractivity (Wildman–Crippen MR) is 72.9 cm³/mol. The van der Waals surface area contributed by atoms with Crippen LogP contribution in [0, 0.1) is 0 Å². The highest BCUT2D eigenvalue weighted by Gasteiger charge is 2.07. The van der Waals surface area contributed by atoms with Crippen LogP contribution in [0.4, 0.5) is 0 Å². The molecule has 1 N–H and O–H groups in total. The van der Waals surface area contributed by atoms with Gasteiger partial charge < -0.3 is 15.0 Å². The minimum Gasteiger partial charge on any atom is -0.497 e. The van der Waals surface area contributed by atoms with Gasteiger partial charge in [0.1, 0.15) is 5.75 Å². The van der Waals surface area contributed by atoms with Crippen molar-refractivity contribution in [2.75, 3.05) is 33.8 Å². The molecule has 4 nitrogen and oxygen atoms in total. The third-order valence-electron chi connectivity index (χ3n) is 2.82. The zero-order valence-electron chi connectivity index (χ0n) is 11.4. The van der Waals surface area contributed by atoms with Crippen molar-refractivity contribution in [2.45, 2.75) is 13.3 Å². The summed E-state index contributed by atoms with van der Waals surface area (Å²) in [6, 6.07) is 7.94. The second kappa shape index (κ2) is 7.71. The van der Waals surface area contributed by atoms with E-state index in [1.807, 2.05) is 38.2 Å². The molecule has 1 aromatic rings. The summed E-state index contributed by atoms with van der Waals surface area (Å²) in [7, 11) is 3.49. The SMILES string of the molecule is CCNCC(=O)N(C)CCc1cccc(OC)c1. The third-order valence-corrected chi connectivity index (χ3v) is 2.82. The van der Waals surface area contributed by atoms with Crippen LogP contribution in [0.25, 0.3) is 0 Å². The van der Waals surface area contributed by atoms with Crippen LogP contribution in [0.15, 0.2) is 24.3 Å². The maximum absolute atomic E-state index is 11.7. The molecule has 1 rings (SSSR count). The molecule has 0 spiro atoms. The molecule has 0 aliphatic heterocycles. The minimum atomic E-state index is 0.125. The number of nitrogens with one attached hydrogen (secondary N) is 1. The first-order valence-corrected chi connectivity index (χ1v) is 6.25. The van der Waals surface area contributed by atoms with Crippen molar-refractivity contribution < 1.29 is 9.53 Å². The Kier molecular flexibility index (Phi) is 6.22. The number of carbonyl (C=O) groups excluding carboxylic acids is 1. The number of hydrogen-bond acceptors (Lipinski definition) is 3. The summed E-state index contributed by atoms with van der Waals surface area (Å²) in [5.74, 6) is 0.980. The number of methoxy groups -OCH3 is 1. The topological polar surface area (TPSA) is 41.6 Å². The van der Waals surface area contributed by atoms with Gasteiger partial charge in [-0.05, 0) is 30.7 Å². The van der Waals surface area contributed by atoms with Gasteiger partial charge in [-0.3, -0.25) is 4.79 Å². The highest BCUT2D eigenvalue weighted by atomic mass is 16.5. The molecule has 0 radical (unpaired) electrons. The summed E-state index contributed by atoms with van der Waals surface area (Å²) in [6.07, 6.45) is 0.839. The zero-order chi connectivity index (χ0) is 13.4. The molecule has 0 heterocycles. The first kappa shape index (κ1) is 14.5. The van der Waals surface area contributed by atoms with Crippen molar-refractivity contribution in [3.63, 3.8) is 0 Å². The third kappa shape index (κ3) is 4.75. The number of hydrogen-bond donors (Lipinski definition) is 1. The minimum absolute atomic E-state index is 0.125. The van der Waals surface area contributed by atoms with Crippen LogP contribution in [0.2, 0.25) is 0 Å². The molecule has 1 amide bonds.